The zero-order valence-electron chi connectivity index (χ0n) is 26.5. The standard InChI is InChI=1S/C45H28N4/c1-3-14-30(15-4-1)43-46-44(32-24-26-41-39(28-32)36-21-11-12-22-40(36)49(41)33-17-5-2-6-18-33)48-45(47-43)42-35-20-10-8-16-31(35)27-38-34-19-9-7-13-29(34)23-25-37(38)42/h1-28H. The Bertz CT molecular complexity index is 2870. The summed E-state index contributed by atoms with van der Waals surface area (Å²) in [5, 5.41) is 9.34. The molecule has 0 N–H and O–H groups in total. The van der Waals surface area contributed by atoms with Crippen LogP contribution in [0.3, 0.4) is 0 Å². The smallest absolute Gasteiger partial charge is 0.165 e. The Morgan fingerprint density at radius 1 is 0.327 bits per heavy atom. The molecular weight excluding hydrogens is 597 g/mol. The van der Waals surface area contributed by atoms with Gasteiger partial charge in [0.2, 0.25) is 0 Å². The zero-order valence-corrected chi connectivity index (χ0v) is 26.5. The number of rotatable bonds is 4. The Morgan fingerprint density at radius 2 is 0.939 bits per heavy atom. The van der Waals surface area contributed by atoms with Gasteiger partial charge in [0, 0.05) is 33.2 Å². The molecule has 10 rings (SSSR count). The molecule has 0 radical (unpaired) electrons. The topological polar surface area (TPSA) is 43.6 Å². The molecule has 0 bridgehead atoms. The van der Waals surface area contributed by atoms with Gasteiger partial charge >= 0.3 is 0 Å². The lowest BCUT2D eigenvalue weighted by atomic mass is 9.93. The first-order chi connectivity index (χ1) is 24.3. The lowest BCUT2D eigenvalue weighted by Gasteiger charge is -2.14. The number of aromatic nitrogens is 4. The molecule has 0 aliphatic carbocycles. The largest absolute Gasteiger partial charge is 0.309 e. The minimum atomic E-state index is 0.643. The normalized spacial score (nSPS) is 11.7. The molecule has 0 unspecified atom stereocenters. The van der Waals surface area contributed by atoms with Crippen LogP contribution in [-0.2, 0) is 0 Å². The summed E-state index contributed by atoms with van der Waals surface area (Å²) in [4.78, 5) is 15.6. The summed E-state index contributed by atoms with van der Waals surface area (Å²) in [7, 11) is 0. The molecule has 0 spiro atoms. The van der Waals surface area contributed by atoms with Crippen LogP contribution in [-0.4, -0.2) is 19.5 Å². The van der Waals surface area contributed by atoms with Crippen LogP contribution in [0.1, 0.15) is 0 Å². The maximum Gasteiger partial charge on any atom is 0.165 e. The minimum absolute atomic E-state index is 0.643. The van der Waals surface area contributed by atoms with E-state index in [2.05, 4.69) is 156 Å². The average molecular weight is 625 g/mol. The van der Waals surface area contributed by atoms with Crippen molar-refractivity contribution < 1.29 is 0 Å². The second-order valence-corrected chi connectivity index (χ2v) is 12.4. The molecule has 49 heavy (non-hydrogen) atoms. The zero-order chi connectivity index (χ0) is 32.3. The van der Waals surface area contributed by atoms with Crippen LogP contribution in [0.25, 0.3) is 94.0 Å². The lowest BCUT2D eigenvalue weighted by Crippen LogP contribution is -2.01. The van der Waals surface area contributed by atoms with Gasteiger partial charge in [0.15, 0.2) is 17.5 Å². The first-order valence-electron chi connectivity index (χ1n) is 16.5. The number of hydrogen-bond donors (Lipinski definition) is 0. The molecule has 10 aromatic rings. The highest BCUT2D eigenvalue weighted by Crippen LogP contribution is 2.40. The van der Waals surface area contributed by atoms with E-state index in [0.717, 1.165) is 55.0 Å². The fourth-order valence-electron chi connectivity index (χ4n) is 7.36. The summed E-state index contributed by atoms with van der Waals surface area (Å²) in [5.74, 6) is 1.95. The molecule has 0 aliphatic rings. The average Bonchev–Trinajstić information content (AvgIpc) is 3.51. The van der Waals surface area contributed by atoms with Crippen LogP contribution in [0.5, 0.6) is 0 Å². The fraction of sp³-hybridized carbons (Fsp3) is 0. The molecule has 0 fully saturated rings. The van der Waals surface area contributed by atoms with E-state index in [1.54, 1.807) is 0 Å². The molecule has 228 valence electrons. The van der Waals surface area contributed by atoms with Gasteiger partial charge in [-0.2, -0.15) is 0 Å². The highest BCUT2D eigenvalue weighted by atomic mass is 15.0. The van der Waals surface area contributed by atoms with Crippen molar-refractivity contribution in [1.82, 2.24) is 19.5 Å². The van der Waals surface area contributed by atoms with Crippen LogP contribution in [0.15, 0.2) is 170 Å². The number of nitrogens with zero attached hydrogens (tertiary/aromatic N) is 4. The molecule has 0 aliphatic heterocycles. The van der Waals surface area contributed by atoms with Gasteiger partial charge in [-0.05, 0) is 74.8 Å². The van der Waals surface area contributed by atoms with Crippen LogP contribution < -0.4 is 0 Å². The van der Waals surface area contributed by atoms with Crippen molar-refractivity contribution in [1.29, 1.82) is 0 Å². The first-order valence-corrected chi connectivity index (χ1v) is 16.5. The maximum atomic E-state index is 5.30. The van der Waals surface area contributed by atoms with Gasteiger partial charge in [-0.15, -0.1) is 0 Å². The summed E-state index contributed by atoms with van der Waals surface area (Å²) >= 11 is 0. The Hall–Kier alpha value is -6.65. The SMILES string of the molecule is c1ccc(-c2nc(-c3ccc4c(c3)c3ccccc3n4-c3ccccc3)nc(-c3c4ccccc4cc4c3ccc3ccccc34)n2)cc1. The van der Waals surface area contributed by atoms with E-state index in [4.69, 9.17) is 15.0 Å². The van der Waals surface area contributed by atoms with Gasteiger partial charge in [0.25, 0.3) is 0 Å². The third-order valence-corrected chi connectivity index (χ3v) is 9.61. The van der Waals surface area contributed by atoms with E-state index in [1.165, 1.54) is 21.5 Å². The quantitative estimate of drug-likeness (QED) is 0.145. The number of fused-ring (bicyclic) bond motifs is 7. The Balaban J connectivity index is 1.27. The van der Waals surface area contributed by atoms with Gasteiger partial charge in [0.05, 0.1) is 11.0 Å². The Kier molecular flexibility index (Phi) is 6.15. The molecule has 0 saturated heterocycles. The second kappa shape index (κ2) is 11.0. The Labute approximate surface area is 282 Å². The van der Waals surface area contributed by atoms with Crippen LogP contribution >= 0.6 is 0 Å². The number of benzene rings is 8. The minimum Gasteiger partial charge on any atom is -0.309 e. The van der Waals surface area contributed by atoms with Gasteiger partial charge in [0.1, 0.15) is 0 Å². The number of hydrogen-bond acceptors (Lipinski definition) is 3. The van der Waals surface area contributed by atoms with E-state index in [9.17, 15) is 0 Å². The third kappa shape index (κ3) is 4.42. The number of para-hydroxylation sites is 2. The molecule has 4 heteroatoms. The van der Waals surface area contributed by atoms with Crippen molar-refractivity contribution in [3.63, 3.8) is 0 Å². The fourth-order valence-corrected chi connectivity index (χ4v) is 7.36. The van der Waals surface area contributed by atoms with Gasteiger partial charge in [-0.25, -0.2) is 15.0 Å². The van der Waals surface area contributed by atoms with Crippen molar-refractivity contribution in [2.75, 3.05) is 0 Å². The van der Waals surface area contributed by atoms with Gasteiger partial charge < -0.3 is 4.57 Å². The summed E-state index contributed by atoms with van der Waals surface area (Å²) < 4.78 is 2.33. The van der Waals surface area contributed by atoms with Crippen LogP contribution in [0.4, 0.5) is 0 Å². The van der Waals surface area contributed by atoms with E-state index in [1.807, 2.05) is 18.2 Å². The molecular formula is C45H28N4. The van der Waals surface area contributed by atoms with Crippen molar-refractivity contribution in [3.8, 4) is 39.9 Å². The first kappa shape index (κ1) is 27.5. The molecule has 8 aromatic carbocycles. The van der Waals surface area contributed by atoms with E-state index < -0.39 is 0 Å². The van der Waals surface area contributed by atoms with Crippen LogP contribution in [0.2, 0.25) is 0 Å². The highest BCUT2D eigenvalue weighted by molar-refractivity contribution is 6.19. The summed E-state index contributed by atoms with van der Waals surface area (Å²) in [6.45, 7) is 0. The summed E-state index contributed by atoms with van der Waals surface area (Å²) in [6, 6.07) is 59.7. The third-order valence-electron chi connectivity index (χ3n) is 9.61. The van der Waals surface area contributed by atoms with E-state index in [-0.39, 0.29) is 0 Å². The monoisotopic (exact) mass is 624 g/mol. The second-order valence-electron chi connectivity index (χ2n) is 12.4. The molecule has 0 saturated carbocycles. The van der Waals surface area contributed by atoms with Crippen LogP contribution in [0, 0.1) is 0 Å². The van der Waals surface area contributed by atoms with Gasteiger partial charge in [-0.1, -0.05) is 127 Å². The van der Waals surface area contributed by atoms with Crippen molar-refractivity contribution in [3.05, 3.63) is 170 Å². The molecule has 0 atom stereocenters. The maximum absolute atomic E-state index is 5.30. The van der Waals surface area contributed by atoms with E-state index in [0.29, 0.717) is 17.5 Å². The Morgan fingerprint density at radius 3 is 1.76 bits per heavy atom. The summed E-state index contributed by atoms with van der Waals surface area (Å²) in [6.07, 6.45) is 0. The van der Waals surface area contributed by atoms with Crippen molar-refractivity contribution >= 4 is 54.1 Å². The van der Waals surface area contributed by atoms with E-state index >= 15 is 0 Å². The molecule has 4 nitrogen and oxygen atoms in total. The molecule has 0 amide bonds. The van der Waals surface area contributed by atoms with Crippen molar-refractivity contribution in [2.45, 2.75) is 0 Å². The summed E-state index contributed by atoms with van der Waals surface area (Å²) in [5.41, 5.74) is 6.34. The predicted molar refractivity (Wildman–Crippen MR) is 203 cm³/mol. The lowest BCUT2D eigenvalue weighted by molar-refractivity contribution is 1.08. The highest BCUT2D eigenvalue weighted by Gasteiger charge is 2.19. The predicted octanol–water partition coefficient (Wildman–Crippen LogP) is 11.4. The molecule has 2 aromatic heterocycles. The molecule has 2 heterocycles. The van der Waals surface area contributed by atoms with Crippen molar-refractivity contribution in [2.24, 2.45) is 0 Å². The van der Waals surface area contributed by atoms with Gasteiger partial charge in [-0.3, -0.25) is 0 Å².